The van der Waals surface area contributed by atoms with Crippen LogP contribution in [0.2, 0.25) is 0 Å². The van der Waals surface area contributed by atoms with Gasteiger partial charge in [0.15, 0.2) is 0 Å². The molecule has 0 spiro atoms. The Morgan fingerprint density at radius 3 is 2.40 bits per heavy atom. The van der Waals surface area contributed by atoms with E-state index in [1.54, 1.807) is 31.9 Å². The standard InChI is InChI=1S/C19H23NO5/c1-4-23-18(21)13-20(3)12-17-15(19(22)24-5-2)11-16(25-17)14-9-7-6-8-10-14/h6-11H,4-5,12-13H2,1-3H3. The zero-order chi connectivity index (χ0) is 18.2. The van der Waals surface area contributed by atoms with E-state index in [1.165, 1.54) is 0 Å². The molecule has 0 fully saturated rings. The quantitative estimate of drug-likeness (QED) is 0.685. The van der Waals surface area contributed by atoms with Gasteiger partial charge in [-0.3, -0.25) is 9.69 Å². The Morgan fingerprint density at radius 2 is 1.76 bits per heavy atom. The van der Waals surface area contributed by atoms with Crippen molar-refractivity contribution >= 4 is 11.9 Å². The van der Waals surface area contributed by atoms with Crippen LogP contribution in [0.1, 0.15) is 30.0 Å². The summed E-state index contributed by atoms with van der Waals surface area (Å²) in [6.45, 7) is 4.53. The molecular formula is C19H23NO5. The van der Waals surface area contributed by atoms with Gasteiger partial charge in [0.05, 0.1) is 26.3 Å². The number of benzene rings is 1. The maximum atomic E-state index is 12.2. The van der Waals surface area contributed by atoms with Gasteiger partial charge in [-0.25, -0.2) is 4.79 Å². The fourth-order valence-electron chi connectivity index (χ4n) is 2.40. The van der Waals surface area contributed by atoms with Gasteiger partial charge in [0.25, 0.3) is 0 Å². The van der Waals surface area contributed by atoms with Gasteiger partial charge in [-0.2, -0.15) is 0 Å². The SMILES string of the molecule is CCOC(=O)CN(C)Cc1oc(-c2ccccc2)cc1C(=O)OCC. The maximum Gasteiger partial charge on any atom is 0.341 e. The molecule has 0 radical (unpaired) electrons. The number of rotatable bonds is 8. The molecule has 134 valence electrons. The van der Waals surface area contributed by atoms with Crippen LogP contribution in [0.4, 0.5) is 0 Å². The highest BCUT2D eigenvalue weighted by molar-refractivity contribution is 5.92. The number of furan rings is 1. The topological polar surface area (TPSA) is 69.0 Å². The first-order valence-electron chi connectivity index (χ1n) is 8.24. The van der Waals surface area contributed by atoms with Crippen LogP contribution >= 0.6 is 0 Å². The Bertz CT molecular complexity index is 708. The summed E-state index contributed by atoms with van der Waals surface area (Å²) in [5.41, 5.74) is 1.24. The second-order valence-electron chi connectivity index (χ2n) is 5.51. The van der Waals surface area contributed by atoms with E-state index in [0.29, 0.717) is 30.2 Å². The van der Waals surface area contributed by atoms with E-state index >= 15 is 0 Å². The van der Waals surface area contributed by atoms with Crippen molar-refractivity contribution in [2.24, 2.45) is 0 Å². The van der Waals surface area contributed by atoms with Crippen molar-refractivity contribution in [1.82, 2.24) is 4.90 Å². The number of nitrogens with zero attached hydrogens (tertiary/aromatic N) is 1. The van der Waals surface area contributed by atoms with Crippen molar-refractivity contribution in [3.8, 4) is 11.3 Å². The number of hydrogen-bond acceptors (Lipinski definition) is 6. The molecule has 0 saturated heterocycles. The summed E-state index contributed by atoms with van der Waals surface area (Å²) in [5.74, 6) is 0.290. The lowest BCUT2D eigenvalue weighted by Crippen LogP contribution is -2.27. The number of ether oxygens (including phenoxy) is 2. The molecule has 0 saturated carbocycles. The third-order valence-corrected chi connectivity index (χ3v) is 3.48. The summed E-state index contributed by atoms with van der Waals surface area (Å²) in [6.07, 6.45) is 0. The molecule has 0 N–H and O–H groups in total. The van der Waals surface area contributed by atoms with E-state index in [0.717, 1.165) is 5.56 Å². The number of esters is 2. The fraction of sp³-hybridized carbons (Fsp3) is 0.368. The first kappa shape index (κ1) is 18.7. The molecule has 1 aromatic heterocycles. The summed E-state index contributed by atoms with van der Waals surface area (Å²) < 4.78 is 15.9. The molecule has 2 aromatic rings. The van der Waals surface area contributed by atoms with Crippen molar-refractivity contribution in [2.75, 3.05) is 26.8 Å². The van der Waals surface area contributed by atoms with Crippen molar-refractivity contribution in [1.29, 1.82) is 0 Å². The van der Waals surface area contributed by atoms with Gasteiger partial charge in [0, 0.05) is 5.56 Å². The molecule has 0 atom stereocenters. The smallest absolute Gasteiger partial charge is 0.341 e. The Labute approximate surface area is 147 Å². The van der Waals surface area contributed by atoms with Crippen molar-refractivity contribution in [2.45, 2.75) is 20.4 Å². The summed E-state index contributed by atoms with van der Waals surface area (Å²) >= 11 is 0. The highest BCUT2D eigenvalue weighted by atomic mass is 16.5. The van der Waals surface area contributed by atoms with Gasteiger partial charge in [-0.15, -0.1) is 0 Å². The van der Waals surface area contributed by atoms with Gasteiger partial charge in [0.1, 0.15) is 17.1 Å². The monoisotopic (exact) mass is 345 g/mol. The average Bonchev–Trinajstić information content (AvgIpc) is 2.99. The summed E-state index contributed by atoms with van der Waals surface area (Å²) in [6, 6.07) is 11.2. The van der Waals surface area contributed by atoms with Crippen molar-refractivity contribution < 1.29 is 23.5 Å². The van der Waals surface area contributed by atoms with Crippen molar-refractivity contribution in [3.63, 3.8) is 0 Å². The molecule has 0 aliphatic carbocycles. The lowest BCUT2D eigenvalue weighted by atomic mass is 10.1. The van der Waals surface area contributed by atoms with E-state index in [4.69, 9.17) is 13.9 Å². The minimum absolute atomic E-state index is 0.109. The lowest BCUT2D eigenvalue weighted by molar-refractivity contribution is -0.144. The average molecular weight is 345 g/mol. The van der Waals surface area contributed by atoms with Crippen LogP contribution in [0, 0.1) is 0 Å². The van der Waals surface area contributed by atoms with Crippen LogP contribution in [-0.2, 0) is 20.8 Å². The maximum absolute atomic E-state index is 12.2. The van der Waals surface area contributed by atoms with Crippen LogP contribution in [0.25, 0.3) is 11.3 Å². The summed E-state index contributed by atoms with van der Waals surface area (Å²) in [4.78, 5) is 25.6. The zero-order valence-corrected chi connectivity index (χ0v) is 14.8. The molecule has 6 heteroatoms. The first-order chi connectivity index (χ1) is 12.0. The molecule has 0 unspecified atom stereocenters. The van der Waals surface area contributed by atoms with E-state index < -0.39 is 5.97 Å². The fourth-order valence-corrected chi connectivity index (χ4v) is 2.40. The van der Waals surface area contributed by atoms with Gasteiger partial charge in [-0.1, -0.05) is 30.3 Å². The Kier molecular flexibility index (Phi) is 6.77. The molecule has 6 nitrogen and oxygen atoms in total. The molecule has 2 rings (SSSR count). The zero-order valence-electron chi connectivity index (χ0n) is 14.8. The number of likely N-dealkylation sites (N-methyl/N-ethyl adjacent to an activating group) is 1. The van der Waals surface area contributed by atoms with E-state index in [9.17, 15) is 9.59 Å². The van der Waals surface area contributed by atoms with Gasteiger partial charge >= 0.3 is 11.9 Å². The first-order valence-corrected chi connectivity index (χ1v) is 8.24. The van der Waals surface area contributed by atoms with E-state index in [2.05, 4.69) is 0 Å². The normalized spacial score (nSPS) is 10.7. The predicted octanol–water partition coefficient (Wildman–Crippen LogP) is 3.12. The van der Waals surface area contributed by atoms with Crippen LogP contribution in [0.5, 0.6) is 0 Å². The third-order valence-electron chi connectivity index (χ3n) is 3.48. The molecule has 0 amide bonds. The molecule has 0 aliphatic heterocycles. The molecular weight excluding hydrogens is 322 g/mol. The minimum atomic E-state index is -0.437. The predicted molar refractivity (Wildman–Crippen MR) is 93.1 cm³/mol. The largest absolute Gasteiger partial charge is 0.465 e. The number of carbonyl (C=O) groups excluding carboxylic acids is 2. The van der Waals surface area contributed by atoms with Crippen molar-refractivity contribution in [3.05, 3.63) is 47.7 Å². The van der Waals surface area contributed by atoms with Gasteiger partial charge in [0.2, 0.25) is 0 Å². The molecule has 0 aliphatic rings. The minimum Gasteiger partial charge on any atom is -0.465 e. The van der Waals surface area contributed by atoms with Gasteiger partial charge < -0.3 is 13.9 Å². The molecule has 25 heavy (non-hydrogen) atoms. The third kappa shape index (κ3) is 5.19. The second kappa shape index (κ2) is 9.03. The van der Waals surface area contributed by atoms with Crippen LogP contribution in [0.3, 0.4) is 0 Å². The van der Waals surface area contributed by atoms with E-state index in [-0.39, 0.29) is 19.1 Å². The van der Waals surface area contributed by atoms with E-state index in [1.807, 2.05) is 30.3 Å². The van der Waals surface area contributed by atoms with Crippen LogP contribution < -0.4 is 0 Å². The highest BCUT2D eigenvalue weighted by Crippen LogP contribution is 2.27. The molecule has 1 aromatic carbocycles. The van der Waals surface area contributed by atoms with Gasteiger partial charge in [-0.05, 0) is 27.0 Å². The number of carbonyl (C=O) groups is 2. The summed E-state index contributed by atoms with van der Waals surface area (Å²) in [5, 5.41) is 0. The molecule has 0 bridgehead atoms. The van der Waals surface area contributed by atoms with Crippen LogP contribution in [-0.4, -0.2) is 43.6 Å². The summed E-state index contributed by atoms with van der Waals surface area (Å²) in [7, 11) is 1.76. The Hall–Kier alpha value is -2.60. The Balaban J connectivity index is 2.23. The lowest BCUT2D eigenvalue weighted by Gasteiger charge is -2.14. The number of hydrogen-bond donors (Lipinski definition) is 0. The Morgan fingerprint density at radius 1 is 1.08 bits per heavy atom. The molecule has 1 heterocycles. The van der Waals surface area contributed by atoms with Crippen LogP contribution in [0.15, 0.2) is 40.8 Å². The highest BCUT2D eigenvalue weighted by Gasteiger charge is 2.21. The second-order valence-corrected chi connectivity index (χ2v) is 5.51.